The number of benzene rings is 1. The number of hydrogen-bond acceptors (Lipinski definition) is 3. The van der Waals surface area contributed by atoms with E-state index in [1.165, 1.54) is 0 Å². The molecule has 0 saturated heterocycles. The molecule has 2 rings (SSSR count). The van der Waals surface area contributed by atoms with Crippen LogP contribution in [0.2, 0.25) is 5.02 Å². The Bertz CT molecular complexity index is 445. The van der Waals surface area contributed by atoms with Crippen molar-refractivity contribution in [1.82, 2.24) is 5.32 Å². The first-order chi connectivity index (χ1) is 9.04. The average Bonchev–Trinajstić information content (AvgIpc) is 2.35. The summed E-state index contributed by atoms with van der Waals surface area (Å²) in [6.45, 7) is 0.586. The standard InChI is InChI=1S/C14H19ClN2O2/c15-11-5-10(6-12(16)7-11)14(19)17-8-9-2-1-3-13(18)4-9/h5-7,9,13,18H,1-4,8,16H2,(H,17,19). The van der Waals surface area contributed by atoms with Gasteiger partial charge in [-0.1, -0.05) is 18.0 Å². The molecule has 1 aliphatic carbocycles. The van der Waals surface area contributed by atoms with Crippen LogP contribution in [-0.4, -0.2) is 23.7 Å². The minimum Gasteiger partial charge on any atom is -0.399 e. The third kappa shape index (κ3) is 4.11. The van der Waals surface area contributed by atoms with Gasteiger partial charge in [0.25, 0.3) is 5.91 Å². The first kappa shape index (κ1) is 14.2. The lowest BCUT2D eigenvalue weighted by atomic mass is 9.87. The van der Waals surface area contributed by atoms with Gasteiger partial charge in [-0.05, 0) is 43.4 Å². The Morgan fingerprint density at radius 2 is 2.21 bits per heavy atom. The van der Waals surface area contributed by atoms with E-state index in [0.29, 0.717) is 28.7 Å². The van der Waals surface area contributed by atoms with Crippen molar-refractivity contribution in [3.8, 4) is 0 Å². The van der Waals surface area contributed by atoms with E-state index >= 15 is 0 Å². The minimum atomic E-state index is -0.225. The van der Waals surface area contributed by atoms with Crippen molar-refractivity contribution in [2.45, 2.75) is 31.8 Å². The van der Waals surface area contributed by atoms with E-state index in [9.17, 15) is 9.90 Å². The molecule has 1 aliphatic rings. The summed E-state index contributed by atoms with van der Waals surface area (Å²) in [5, 5.41) is 12.9. The molecule has 0 heterocycles. The van der Waals surface area contributed by atoms with Crippen LogP contribution in [0.3, 0.4) is 0 Å². The van der Waals surface area contributed by atoms with Crippen molar-refractivity contribution < 1.29 is 9.90 Å². The van der Waals surface area contributed by atoms with Crippen molar-refractivity contribution in [1.29, 1.82) is 0 Å². The van der Waals surface area contributed by atoms with Crippen molar-refractivity contribution in [3.63, 3.8) is 0 Å². The summed E-state index contributed by atoms with van der Waals surface area (Å²) in [4.78, 5) is 12.0. The molecule has 2 unspecified atom stereocenters. The lowest BCUT2D eigenvalue weighted by Gasteiger charge is -2.25. The Morgan fingerprint density at radius 3 is 2.89 bits per heavy atom. The molecule has 0 spiro atoms. The van der Waals surface area contributed by atoms with Gasteiger partial charge in [0.1, 0.15) is 0 Å². The molecule has 4 N–H and O–H groups in total. The fourth-order valence-electron chi connectivity index (χ4n) is 2.53. The molecule has 104 valence electrons. The van der Waals surface area contributed by atoms with Gasteiger partial charge in [0.05, 0.1) is 6.10 Å². The Hall–Kier alpha value is -1.26. The topological polar surface area (TPSA) is 75.4 Å². The lowest BCUT2D eigenvalue weighted by molar-refractivity contribution is 0.0874. The van der Waals surface area contributed by atoms with Gasteiger partial charge in [0.2, 0.25) is 0 Å². The maximum atomic E-state index is 12.0. The number of hydrogen-bond donors (Lipinski definition) is 3. The van der Waals surface area contributed by atoms with Crippen LogP contribution in [-0.2, 0) is 0 Å². The van der Waals surface area contributed by atoms with Crippen molar-refractivity contribution in [2.24, 2.45) is 5.92 Å². The van der Waals surface area contributed by atoms with Crippen LogP contribution < -0.4 is 11.1 Å². The zero-order chi connectivity index (χ0) is 13.8. The molecule has 4 nitrogen and oxygen atoms in total. The molecule has 1 amide bonds. The summed E-state index contributed by atoms with van der Waals surface area (Å²) in [6.07, 6.45) is 3.48. The zero-order valence-electron chi connectivity index (χ0n) is 10.7. The molecule has 1 aromatic rings. The smallest absolute Gasteiger partial charge is 0.251 e. The fraction of sp³-hybridized carbons (Fsp3) is 0.500. The van der Waals surface area contributed by atoms with Crippen LogP contribution >= 0.6 is 11.6 Å². The molecule has 0 aliphatic heterocycles. The van der Waals surface area contributed by atoms with E-state index in [2.05, 4.69) is 5.32 Å². The van der Waals surface area contributed by atoms with Gasteiger partial charge in [-0.3, -0.25) is 4.79 Å². The van der Waals surface area contributed by atoms with Crippen LogP contribution in [0, 0.1) is 5.92 Å². The highest BCUT2D eigenvalue weighted by molar-refractivity contribution is 6.31. The third-order valence-corrected chi connectivity index (χ3v) is 3.71. The van der Waals surface area contributed by atoms with Crippen LogP contribution in [0.1, 0.15) is 36.0 Å². The molecule has 19 heavy (non-hydrogen) atoms. The van der Waals surface area contributed by atoms with E-state index in [0.717, 1.165) is 25.7 Å². The number of rotatable bonds is 3. The largest absolute Gasteiger partial charge is 0.399 e. The summed E-state index contributed by atoms with van der Waals surface area (Å²) < 4.78 is 0. The molecule has 1 aromatic carbocycles. The van der Waals surface area contributed by atoms with E-state index in [-0.39, 0.29) is 12.0 Å². The second-order valence-electron chi connectivity index (χ2n) is 5.17. The fourth-order valence-corrected chi connectivity index (χ4v) is 2.77. The Morgan fingerprint density at radius 1 is 1.42 bits per heavy atom. The second-order valence-corrected chi connectivity index (χ2v) is 5.61. The highest BCUT2D eigenvalue weighted by atomic mass is 35.5. The molecular weight excluding hydrogens is 264 g/mol. The lowest BCUT2D eigenvalue weighted by Crippen LogP contribution is -2.33. The number of carbonyl (C=O) groups excluding carboxylic acids is 1. The number of aliphatic hydroxyl groups excluding tert-OH is 1. The monoisotopic (exact) mass is 282 g/mol. The Balaban J connectivity index is 1.90. The summed E-state index contributed by atoms with van der Waals surface area (Å²) in [5.41, 5.74) is 6.61. The molecule has 0 radical (unpaired) electrons. The molecule has 0 bridgehead atoms. The number of carbonyl (C=O) groups is 1. The summed E-state index contributed by atoms with van der Waals surface area (Å²) >= 11 is 5.87. The summed E-state index contributed by atoms with van der Waals surface area (Å²) in [6, 6.07) is 4.82. The first-order valence-corrected chi connectivity index (χ1v) is 6.94. The van der Waals surface area contributed by atoms with Crippen molar-refractivity contribution in [3.05, 3.63) is 28.8 Å². The van der Waals surface area contributed by atoms with Crippen molar-refractivity contribution >= 4 is 23.2 Å². The van der Waals surface area contributed by atoms with Gasteiger partial charge in [0.15, 0.2) is 0 Å². The molecule has 0 aromatic heterocycles. The number of halogens is 1. The van der Waals surface area contributed by atoms with Crippen molar-refractivity contribution in [2.75, 3.05) is 12.3 Å². The van der Waals surface area contributed by atoms with Crippen LogP contribution in [0.25, 0.3) is 0 Å². The van der Waals surface area contributed by atoms with Crippen LogP contribution in [0.5, 0.6) is 0 Å². The molecule has 5 heteroatoms. The SMILES string of the molecule is Nc1cc(Cl)cc(C(=O)NCC2CCCC(O)C2)c1. The van der Waals surface area contributed by atoms with E-state index in [1.54, 1.807) is 18.2 Å². The highest BCUT2D eigenvalue weighted by Gasteiger charge is 2.20. The second kappa shape index (κ2) is 6.26. The van der Waals surface area contributed by atoms with Gasteiger partial charge in [-0.25, -0.2) is 0 Å². The normalized spacial score (nSPS) is 23.1. The van der Waals surface area contributed by atoms with E-state index in [4.69, 9.17) is 17.3 Å². The van der Waals surface area contributed by atoms with Gasteiger partial charge < -0.3 is 16.2 Å². The number of amides is 1. The van der Waals surface area contributed by atoms with E-state index < -0.39 is 0 Å². The van der Waals surface area contributed by atoms with Gasteiger partial charge in [-0.2, -0.15) is 0 Å². The molecular formula is C14H19ClN2O2. The maximum Gasteiger partial charge on any atom is 0.251 e. The minimum absolute atomic E-state index is 0.172. The average molecular weight is 283 g/mol. The van der Waals surface area contributed by atoms with Crippen LogP contribution in [0.4, 0.5) is 5.69 Å². The first-order valence-electron chi connectivity index (χ1n) is 6.57. The predicted molar refractivity (Wildman–Crippen MR) is 76.2 cm³/mol. The van der Waals surface area contributed by atoms with Gasteiger partial charge in [-0.15, -0.1) is 0 Å². The zero-order valence-corrected chi connectivity index (χ0v) is 11.5. The van der Waals surface area contributed by atoms with Gasteiger partial charge >= 0.3 is 0 Å². The maximum absolute atomic E-state index is 12.0. The highest BCUT2D eigenvalue weighted by Crippen LogP contribution is 2.23. The summed E-state index contributed by atoms with van der Waals surface area (Å²) in [5.74, 6) is 0.179. The third-order valence-electron chi connectivity index (χ3n) is 3.49. The molecule has 2 atom stereocenters. The number of nitrogens with one attached hydrogen (secondary N) is 1. The number of aliphatic hydroxyl groups is 1. The van der Waals surface area contributed by atoms with E-state index in [1.807, 2.05) is 0 Å². The predicted octanol–water partition coefficient (Wildman–Crippen LogP) is 2.20. The quantitative estimate of drug-likeness (QED) is 0.744. The van der Waals surface area contributed by atoms with Gasteiger partial charge in [0, 0.05) is 22.8 Å². The van der Waals surface area contributed by atoms with Crippen LogP contribution in [0.15, 0.2) is 18.2 Å². The number of nitrogens with two attached hydrogens (primary N) is 1. The number of anilines is 1. The number of nitrogen functional groups attached to an aromatic ring is 1. The Labute approximate surface area is 117 Å². The Kier molecular flexibility index (Phi) is 4.66. The molecule has 1 saturated carbocycles. The molecule has 1 fully saturated rings. The summed E-state index contributed by atoms with van der Waals surface area (Å²) in [7, 11) is 0.